The van der Waals surface area contributed by atoms with Crippen molar-refractivity contribution in [1.29, 1.82) is 0 Å². The number of rotatable bonds is 6. The number of carbonyl (C=O) groups excluding carboxylic acids is 2. The molecule has 2 amide bonds. The van der Waals surface area contributed by atoms with Crippen molar-refractivity contribution in [3.05, 3.63) is 57.6 Å². The molecule has 1 unspecified atom stereocenters. The van der Waals surface area contributed by atoms with Crippen LogP contribution in [0.1, 0.15) is 55.9 Å². The van der Waals surface area contributed by atoms with Gasteiger partial charge in [-0.2, -0.15) is 4.31 Å². The molecule has 0 N–H and O–H groups in total. The number of carbonyl (C=O) groups is 2. The van der Waals surface area contributed by atoms with Crippen molar-refractivity contribution >= 4 is 39.1 Å². The smallest absolute Gasteiger partial charge is 0.252 e. The number of halogens is 1. The van der Waals surface area contributed by atoms with Crippen LogP contribution < -0.4 is 4.90 Å². The van der Waals surface area contributed by atoms with E-state index in [0.29, 0.717) is 28.3 Å². The summed E-state index contributed by atoms with van der Waals surface area (Å²) in [6.45, 7) is 12.8. The Labute approximate surface area is 201 Å². The lowest BCUT2D eigenvalue weighted by molar-refractivity contribution is -0.122. The standard InChI is InChI=1S/C25H31ClN2O4S/c1-8-25(6,7)28(33(31,32)23-17(4)15(2)13-16(3)18(23)5)21-14-22(29)27(24(21)30)20-11-9-19(26)10-12-20/h9-13,21H,8,14H2,1-7H3. The van der Waals surface area contributed by atoms with Crippen LogP contribution in [0.25, 0.3) is 0 Å². The van der Waals surface area contributed by atoms with Gasteiger partial charge in [-0.1, -0.05) is 24.6 Å². The Hall–Kier alpha value is -2.22. The first-order valence-corrected chi connectivity index (χ1v) is 12.8. The predicted octanol–water partition coefficient (Wildman–Crippen LogP) is 5.09. The molecule has 0 radical (unpaired) electrons. The number of amides is 2. The minimum absolute atomic E-state index is 0.215. The van der Waals surface area contributed by atoms with Gasteiger partial charge in [0, 0.05) is 10.6 Å². The first kappa shape index (κ1) is 25.4. The third-order valence-electron chi connectivity index (χ3n) is 6.77. The summed E-state index contributed by atoms with van der Waals surface area (Å²) in [5.74, 6) is -0.986. The molecule has 6 nitrogen and oxygen atoms in total. The summed E-state index contributed by atoms with van der Waals surface area (Å²) in [6, 6.07) is 7.19. The molecular weight excluding hydrogens is 460 g/mol. The van der Waals surface area contributed by atoms with Gasteiger partial charge in [0.25, 0.3) is 5.91 Å². The normalized spacial score (nSPS) is 17.4. The Kier molecular flexibility index (Phi) is 6.82. The van der Waals surface area contributed by atoms with Crippen LogP contribution in [0.15, 0.2) is 35.2 Å². The number of aryl methyl sites for hydroxylation is 2. The van der Waals surface area contributed by atoms with Gasteiger partial charge in [0.05, 0.1) is 17.0 Å². The Bertz CT molecular complexity index is 1190. The van der Waals surface area contributed by atoms with Crippen LogP contribution >= 0.6 is 11.6 Å². The molecule has 2 aromatic rings. The zero-order valence-corrected chi connectivity index (χ0v) is 21.8. The third kappa shape index (κ3) is 4.34. The van der Waals surface area contributed by atoms with Gasteiger partial charge in [-0.15, -0.1) is 0 Å². The molecule has 33 heavy (non-hydrogen) atoms. The van der Waals surface area contributed by atoms with E-state index in [4.69, 9.17) is 11.6 Å². The molecular formula is C25H31ClN2O4S. The van der Waals surface area contributed by atoms with E-state index in [1.807, 2.05) is 26.8 Å². The van der Waals surface area contributed by atoms with E-state index in [1.54, 1.807) is 52.0 Å². The zero-order valence-electron chi connectivity index (χ0n) is 20.2. The summed E-state index contributed by atoms with van der Waals surface area (Å²) in [5.41, 5.74) is 2.52. The largest absolute Gasteiger partial charge is 0.274 e. The third-order valence-corrected chi connectivity index (χ3v) is 9.41. The molecule has 2 aromatic carbocycles. The van der Waals surface area contributed by atoms with Crippen molar-refractivity contribution in [3.8, 4) is 0 Å². The van der Waals surface area contributed by atoms with E-state index < -0.39 is 33.4 Å². The maximum absolute atomic E-state index is 14.2. The van der Waals surface area contributed by atoms with Crippen LogP contribution in [0.2, 0.25) is 5.02 Å². The fraction of sp³-hybridized carbons (Fsp3) is 0.440. The number of anilines is 1. The molecule has 1 saturated heterocycles. The number of sulfonamides is 1. The van der Waals surface area contributed by atoms with E-state index >= 15 is 0 Å². The monoisotopic (exact) mass is 490 g/mol. The molecule has 1 atom stereocenters. The summed E-state index contributed by atoms with van der Waals surface area (Å²) in [7, 11) is -4.12. The van der Waals surface area contributed by atoms with Crippen molar-refractivity contribution in [2.45, 2.75) is 77.8 Å². The van der Waals surface area contributed by atoms with Gasteiger partial charge in [-0.25, -0.2) is 13.3 Å². The van der Waals surface area contributed by atoms with Crippen LogP contribution in [0.3, 0.4) is 0 Å². The van der Waals surface area contributed by atoms with Crippen LogP contribution in [0.4, 0.5) is 5.69 Å². The second-order valence-electron chi connectivity index (χ2n) is 9.32. The number of hydrogen-bond acceptors (Lipinski definition) is 4. The van der Waals surface area contributed by atoms with E-state index in [-0.39, 0.29) is 11.3 Å². The van der Waals surface area contributed by atoms with Gasteiger partial charge in [-0.05, 0) is 94.5 Å². The quantitative estimate of drug-likeness (QED) is 0.529. The van der Waals surface area contributed by atoms with Gasteiger partial charge in [0.15, 0.2) is 0 Å². The summed E-state index contributed by atoms with van der Waals surface area (Å²) >= 11 is 5.96. The van der Waals surface area contributed by atoms with Crippen molar-refractivity contribution in [1.82, 2.24) is 4.31 Å². The molecule has 178 valence electrons. The van der Waals surface area contributed by atoms with Gasteiger partial charge in [-0.3, -0.25) is 9.59 Å². The number of hydrogen-bond donors (Lipinski definition) is 0. The molecule has 0 bridgehead atoms. The van der Waals surface area contributed by atoms with E-state index in [0.717, 1.165) is 16.0 Å². The molecule has 1 aliphatic heterocycles. The second kappa shape index (κ2) is 8.85. The molecule has 0 saturated carbocycles. The summed E-state index contributed by atoms with van der Waals surface area (Å²) in [6.07, 6.45) is 0.251. The maximum atomic E-state index is 14.2. The Morgan fingerprint density at radius 2 is 1.55 bits per heavy atom. The number of benzene rings is 2. The molecule has 1 fully saturated rings. The van der Waals surface area contributed by atoms with Crippen LogP contribution in [-0.4, -0.2) is 36.1 Å². The van der Waals surface area contributed by atoms with E-state index in [2.05, 4.69) is 0 Å². The minimum Gasteiger partial charge on any atom is -0.274 e. The van der Waals surface area contributed by atoms with Crippen LogP contribution in [0, 0.1) is 27.7 Å². The molecule has 0 aromatic heterocycles. The van der Waals surface area contributed by atoms with E-state index in [1.165, 1.54) is 4.31 Å². The first-order valence-electron chi connectivity index (χ1n) is 11.0. The molecule has 1 aliphatic rings. The summed E-state index contributed by atoms with van der Waals surface area (Å²) in [4.78, 5) is 27.8. The fourth-order valence-corrected chi connectivity index (χ4v) is 7.10. The SMILES string of the molecule is CCC(C)(C)N(C1CC(=O)N(c2ccc(Cl)cc2)C1=O)S(=O)(=O)c1c(C)c(C)cc(C)c1C. The average molecular weight is 491 g/mol. The summed E-state index contributed by atoms with van der Waals surface area (Å²) in [5, 5.41) is 0.478. The summed E-state index contributed by atoms with van der Waals surface area (Å²) < 4.78 is 29.7. The Morgan fingerprint density at radius 1 is 1.03 bits per heavy atom. The molecule has 0 aliphatic carbocycles. The maximum Gasteiger partial charge on any atom is 0.252 e. The van der Waals surface area contributed by atoms with Crippen LogP contribution in [0.5, 0.6) is 0 Å². The lowest BCUT2D eigenvalue weighted by atomic mass is 10.00. The Balaban J connectivity index is 2.19. The van der Waals surface area contributed by atoms with Gasteiger partial charge >= 0.3 is 0 Å². The highest BCUT2D eigenvalue weighted by Crippen LogP contribution is 2.38. The number of imide groups is 1. The van der Waals surface area contributed by atoms with Crippen molar-refractivity contribution < 1.29 is 18.0 Å². The predicted molar refractivity (Wildman–Crippen MR) is 131 cm³/mol. The first-order chi connectivity index (χ1) is 15.2. The molecule has 3 rings (SSSR count). The highest BCUT2D eigenvalue weighted by Gasteiger charge is 2.52. The molecule has 1 heterocycles. The van der Waals surface area contributed by atoms with E-state index in [9.17, 15) is 18.0 Å². The number of nitrogens with zero attached hydrogens (tertiary/aromatic N) is 2. The van der Waals surface area contributed by atoms with Crippen LogP contribution in [-0.2, 0) is 19.6 Å². The van der Waals surface area contributed by atoms with Gasteiger partial charge < -0.3 is 0 Å². The lowest BCUT2D eigenvalue weighted by Crippen LogP contribution is -2.55. The Morgan fingerprint density at radius 3 is 2.03 bits per heavy atom. The minimum atomic E-state index is -4.12. The molecule has 0 spiro atoms. The highest BCUT2D eigenvalue weighted by atomic mass is 35.5. The van der Waals surface area contributed by atoms with Gasteiger partial charge in [0.2, 0.25) is 15.9 Å². The van der Waals surface area contributed by atoms with Gasteiger partial charge in [0.1, 0.15) is 6.04 Å². The van der Waals surface area contributed by atoms with Crippen molar-refractivity contribution in [3.63, 3.8) is 0 Å². The highest BCUT2D eigenvalue weighted by molar-refractivity contribution is 7.89. The van der Waals surface area contributed by atoms with Crippen molar-refractivity contribution in [2.24, 2.45) is 0 Å². The topological polar surface area (TPSA) is 74.8 Å². The molecule has 8 heteroatoms. The average Bonchev–Trinajstić information content (AvgIpc) is 3.00. The lowest BCUT2D eigenvalue weighted by Gasteiger charge is -2.40. The van der Waals surface area contributed by atoms with Crippen molar-refractivity contribution in [2.75, 3.05) is 4.90 Å². The fourth-order valence-electron chi connectivity index (χ4n) is 4.40. The second-order valence-corrected chi connectivity index (χ2v) is 11.5. The zero-order chi connectivity index (χ0) is 24.9.